The Balaban J connectivity index is 2.09. The van der Waals surface area contributed by atoms with Crippen molar-refractivity contribution >= 4 is 33.7 Å². The Morgan fingerprint density at radius 3 is 2.81 bits per heavy atom. The van der Waals surface area contributed by atoms with Crippen LogP contribution in [0.1, 0.15) is 29.8 Å². The van der Waals surface area contributed by atoms with Crippen LogP contribution >= 0.6 is 22.9 Å². The van der Waals surface area contributed by atoms with Gasteiger partial charge in [0.25, 0.3) is 0 Å². The first-order valence-electron chi connectivity index (χ1n) is 7.11. The maximum absolute atomic E-state index is 6.12. The van der Waals surface area contributed by atoms with E-state index in [-0.39, 0.29) is 6.04 Å². The maximum Gasteiger partial charge on any atom is 0.0931 e. The molecule has 108 valence electrons. The van der Waals surface area contributed by atoms with Gasteiger partial charge in [-0.15, -0.1) is 11.3 Å². The molecule has 0 radical (unpaired) electrons. The van der Waals surface area contributed by atoms with Crippen LogP contribution in [0, 0.1) is 0 Å². The number of hydrogen-bond acceptors (Lipinski definition) is 3. The average Bonchev–Trinajstić information content (AvgIpc) is 2.94. The molecule has 2 heterocycles. The van der Waals surface area contributed by atoms with E-state index in [2.05, 4.69) is 41.5 Å². The monoisotopic (exact) mass is 316 g/mol. The van der Waals surface area contributed by atoms with Crippen molar-refractivity contribution in [2.45, 2.75) is 19.4 Å². The largest absolute Gasteiger partial charge is 0.306 e. The number of pyridine rings is 1. The molecule has 21 heavy (non-hydrogen) atoms. The molecule has 0 bridgehead atoms. The molecule has 1 aromatic carbocycles. The molecule has 3 aromatic rings. The summed E-state index contributed by atoms with van der Waals surface area (Å²) in [7, 11) is 0. The van der Waals surface area contributed by atoms with Crippen LogP contribution < -0.4 is 5.32 Å². The Bertz CT molecular complexity index is 733. The van der Waals surface area contributed by atoms with Crippen LogP contribution in [0.2, 0.25) is 4.34 Å². The van der Waals surface area contributed by atoms with Crippen LogP contribution in [0.5, 0.6) is 0 Å². The van der Waals surface area contributed by atoms with Gasteiger partial charge in [0.2, 0.25) is 0 Å². The van der Waals surface area contributed by atoms with Crippen molar-refractivity contribution in [1.82, 2.24) is 10.3 Å². The first-order chi connectivity index (χ1) is 10.3. The fourth-order valence-corrected chi connectivity index (χ4v) is 3.66. The normalized spacial score (nSPS) is 12.7. The van der Waals surface area contributed by atoms with Gasteiger partial charge in [-0.3, -0.25) is 4.98 Å². The highest BCUT2D eigenvalue weighted by Gasteiger charge is 2.18. The standard InChI is InChI=1S/C17H17ClN2S/c1-2-9-20-17(15-7-8-16(18)21-15)14-11-19-10-12-5-3-4-6-13(12)14/h3-8,10-11,17,20H,2,9H2,1H3. The van der Waals surface area contributed by atoms with Gasteiger partial charge < -0.3 is 5.32 Å². The lowest BCUT2D eigenvalue weighted by molar-refractivity contribution is 0.607. The lowest BCUT2D eigenvalue weighted by atomic mass is 10.0. The quantitative estimate of drug-likeness (QED) is 0.713. The highest BCUT2D eigenvalue weighted by atomic mass is 35.5. The van der Waals surface area contributed by atoms with Gasteiger partial charge in [-0.25, -0.2) is 0 Å². The van der Waals surface area contributed by atoms with E-state index < -0.39 is 0 Å². The molecule has 2 nitrogen and oxygen atoms in total. The van der Waals surface area contributed by atoms with Gasteiger partial charge in [0.15, 0.2) is 0 Å². The third-order valence-corrected chi connectivity index (χ3v) is 4.78. The Hall–Kier alpha value is -1.42. The second kappa shape index (κ2) is 6.56. The lowest BCUT2D eigenvalue weighted by Crippen LogP contribution is -2.22. The van der Waals surface area contributed by atoms with E-state index in [4.69, 9.17) is 11.6 Å². The highest BCUT2D eigenvalue weighted by Crippen LogP contribution is 2.33. The lowest BCUT2D eigenvalue weighted by Gasteiger charge is -2.19. The van der Waals surface area contributed by atoms with Gasteiger partial charge in [-0.2, -0.15) is 0 Å². The van der Waals surface area contributed by atoms with Crippen LogP contribution in [0.15, 0.2) is 48.8 Å². The molecule has 0 aliphatic rings. The molecule has 2 aromatic heterocycles. The van der Waals surface area contributed by atoms with Gasteiger partial charge >= 0.3 is 0 Å². The van der Waals surface area contributed by atoms with Gasteiger partial charge in [-0.05, 0) is 30.5 Å². The van der Waals surface area contributed by atoms with Crippen molar-refractivity contribution in [1.29, 1.82) is 0 Å². The topological polar surface area (TPSA) is 24.9 Å². The molecule has 1 N–H and O–H groups in total. The van der Waals surface area contributed by atoms with E-state index >= 15 is 0 Å². The fourth-order valence-electron chi connectivity index (χ4n) is 2.51. The molecule has 0 spiro atoms. The molecule has 0 saturated heterocycles. The van der Waals surface area contributed by atoms with E-state index in [0.29, 0.717) is 0 Å². The predicted octanol–water partition coefficient (Wildman–Crippen LogP) is 5.04. The minimum absolute atomic E-state index is 0.140. The van der Waals surface area contributed by atoms with Crippen LogP contribution in [0.4, 0.5) is 0 Å². The molecule has 0 aliphatic heterocycles. The molecule has 0 amide bonds. The molecule has 0 fully saturated rings. The minimum atomic E-state index is 0.140. The zero-order valence-corrected chi connectivity index (χ0v) is 13.4. The van der Waals surface area contributed by atoms with Gasteiger partial charge in [-0.1, -0.05) is 42.8 Å². The zero-order chi connectivity index (χ0) is 14.7. The van der Waals surface area contributed by atoms with E-state index in [9.17, 15) is 0 Å². The molecule has 1 unspecified atom stereocenters. The summed E-state index contributed by atoms with van der Waals surface area (Å²) in [6, 6.07) is 12.6. The zero-order valence-electron chi connectivity index (χ0n) is 11.8. The highest BCUT2D eigenvalue weighted by molar-refractivity contribution is 7.16. The number of halogens is 1. The SMILES string of the molecule is CCCNC(c1ccc(Cl)s1)c1cncc2ccccc12. The molecular formula is C17H17ClN2S. The first kappa shape index (κ1) is 14.5. The number of rotatable bonds is 5. The third-order valence-electron chi connectivity index (χ3n) is 3.49. The summed E-state index contributed by atoms with van der Waals surface area (Å²) >= 11 is 7.74. The molecule has 0 saturated carbocycles. The van der Waals surface area contributed by atoms with Gasteiger partial charge in [0, 0.05) is 28.2 Å². The Morgan fingerprint density at radius 2 is 2.05 bits per heavy atom. The second-order valence-corrected chi connectivity index (χ2v) is 6.73. The summed E-state index contributed by atoms with van der Waals surface area (Å²) in [6.45, 7) is 3.14. The van der Waals surface area contributed by atoms with Crippen molar-refractivity contribution in [2.75, 3.05) is 6.54 Å². The van der Waals surface area contributed by atoms with Crippen molar-refractivity contribution in [3.8, 4) is 0 Å². The molecule has 0 aliphatic carbocycles. The summed E-state index contributed by atoms with van der Waals surface area (Å²) in [5.41, 5.74) is 1.21. The number of aromatic nitrogens is 1. The van der Waals surface area contributed by atoms with Crippen LogP contribution in [0.3, 0.4) is 0 Å². The van der Waals surface area contributed by atoms with E-state index in [1.165, 1.54) is 21.2 Å². The van der Waals surface area contributed by atoms with Crippen LogP contribution in [-0.2, 0) is 0 Å². The van der Waals surface area contributed by atoms with Crippen molar-refractivity contribution in [3.05, 3.63) is 63.6 Å². The number of thiophene rings is 1. The third kappa shape index (κ3) is 3.10. The Kier molecular flexibility index (Phi) is 4.54. The number of nitrogens with zero attached hydrogens (tertiary/aromatic N) is 1. The molecular weight excluding hydrogens is 300 g/mol. The van der Waals surface area contributed by atoms with Crippen LogP contribution in [0.25, 0.3) is 10.8 Å². The summed E-state index contributed by atoms with van der Waals surface area (Å²) < 4.78 is 0.821. The number of nitrogens with one attached hydrogen (secondary N) is 1. The number of fused-ring (bicyclic) bond motifs is 1. The predicted molar refractivity (Wildman–Crippen MR) is 91.2 cm³/mol. The smallest absolute Gasteiger partial charge is 0.0931 e. The minimum Gasteiger partial charge on any atom is -0.306 e. The van der Waals surface area contributed by atoms with Crippen LogP contribution in [-0.4, -0.2) is 11.5 Å². The van der Waals surface area contributed by atoms with Crippen molar-refractivity contribution < 1.29 is 0 Å². The molecule has 1 atom stereocenters. The van der Waals surface area contributed by atoms with E-state index in [0.717, 1.165) is 17.3 Å². The fraction of sp³-hybridized carbons (Fsp3) is 0.235. The Morgan fingerprint density at radius 1 is 1.19 bits per heavy atom. The summed E-state index contributed by atoms with van der Waals surface area (Å²) in [6.07, 6.45) is 4.97. The number of hydrogen-bond donors (Lipinski definition) is 1. The van der Waals surface area contributed by atoms with Gasteiger partial charge in [0.1, 0.15) is 0 Å². The van der Waals surface area contributed by atoms with E-state index in [1.807, 2.05) is 24.5 Å². The van der Waals surface area contributed by atoms with Crippen molar-refractivity contribution in [3.63, 3.8) is 0 Å². The first-order valence-corrected chi connectivity index (χ1v) is 8.30. The second-order valence-electron chi connectivity index (χ2n) is 4.98. The summed E-state index contributed by atoms with van der Waals surface area (Å²) in [5, 5.41) is 6.03. The summed E-state index contributed by atoms with van der Waals surface area (Å²) in [5.74, 6) is 0. The van der Waals surface area contributed by atoms with E-state index in [1.54, 1.807) is 11.3 Å². The number of benzene rings is 1. The average molecular weight is 317 g/mol. The Labute approximate surface area is 133 Å². The van der Waals surface area contributed by atoms with Gasteiger partial charge in [0.05, 0.1) is 10.4 Å². The molecule has 4 heteroatoms. The summed E-state index contributed by atoms with van der Waals surface area (Å²) in [4.78, 5) is 5.63. The maximum atomic E-state index is 6.12. The van der Waals surface area contributed by atoms with Crippen molar-refractivity contribution in [2.24, 2.45) is 0 Å². The molecule has 3 rings (SSSR count).